The number of hydrogen-bond donors (Lipinski definition) is 3. The number of amides is 1. The molecule has 6 heteroatoms. The largest absolute Gasteiger partial charge is 0.480 e. The van der Waals surface area contributed by atoms with Gasteiger partial charge in [0.25, 0.3) is 0 Å². The number of hydrazine groups is 1. The van der Waals surface area contributed by atoms with Gasteiger partial charge >= 0.3 is 5.97 Å². The van der Waals surface area contributed by atoms with Crippen LogP contribution < -0.4 is 10.7 Å². The third-order valence-corrected chi connectivity index (χ3v) is 2.43. The molecule has 1 rings (SSSR count). The van der Waals surface area contributed by atoms with Crippen molar-refractivity contribution < 1.29 is 14.7 Å². The molecule has 104 valence electrons. The lowest BCUT2D eigenvalue weighted by Crippen LogP contribution is -2.44. The van der Waals surface area contributed by atoms with Crippen molar-refractivity contribution in [2.75, 3.05) is 14.1 Å². The van der Waals surface area contributed by atoms with Crippen molar-refractivity contribution in [1.82, 2.24) is 15.8 Å². The van der Waals surface area contributed by atoms with Crippen molar-refractivity contribution in [3.05, 3.63) is 35.9 Å². The second-order valence-electron chi connectivity index (χ2n) is 4.39. The molecular formula is C13H19N3O3. The number of rotatable bonds is 7. The van der Waals surface area contributed by atoms with Gasteiger partial charge in [-0.2, -0.15) is 0 Å². The van der Waals surface area contributed by atoms with Crippen LogP contribution in [0, 0.1) is 0 Å². The average molecular weight is 265 g/mol. The number of aliphatic carboxylic acids is 1. The van der Waals surface area contributed by atoms with E-state index < -0.39 is 12.0 Å². The summed E-state index contributed by atoms with van der Waals surface area (Å²) in [5.41, 5.74) is 3.49. The van der Waals surface area contributed by atoms with Crippen molar-refractivity contribution in [3.63, 3.8) is 0 Å². The highest BCUT2D eigenvalue weighted by molar-refractivity contribution is 5.84. The second-order valence-corrected chi connectivity index (χ2v) is 4.39. The van der Waals surface area contributed by atoms with Crippen molar-refractivity contribution in [2.45, 2.75) is 19.0 Å². The SMILES string of the molecule is CN(C)NC(=O)C[C@@H](NCc1ccccc1)C(=O)O. The molecule has 0 unspecified atom stereocenters. The molecule has 0 aliphatic carbocycles. The third-order valence-electron chi connectivity index (χ3n) is 2.43. The first-order chi connectivity index (χ1) is 8.99. The van der Waals surface area contributed by atoms with Gasteiger partial charge in [0, 0.05) is 20.6 Å². The first-order valence-corrected chi connectivity index (χ1v) is 5.96. The van der Waals surface area contributed by atoms with Crippen LogP contribution in [0.4, 0.5) is 0 Å². The monoisotopic (exact) mass is 265 g/mol. The minimum absolute atomic E-state index is 0.111. The second kappa shape index (κ2) is 7.50. The zero-order valence-corrected chi connectivity index (χ0v) is 11.1. The van der Waals surface area contributed by atoms with Gasteiger partial charge in [0.2, 0.25) is 5.91 Å². The fourth-order valence-corrected chi connectivity index (χ4v) is 1.56. The first kappa shape index (κ1) is 15.1. The molecule has 0 saturated heterocycles. The first-order valence-electron chi connectivity index (χ1n) is 5.96. The van der Waals surface area contributed by atoms with Gasteiger partial charge in [0.15, 0.2) is 0 Å². The van der Waals surface area contributed by atoms with Crippen LogP contribution in [0.3, 0.4) is 0 Å². The van der Waals surface area contributed by atoms with Gasteiger partial charge in [0.05, 0.1) is 6.42 Å². The fraction of sp³-hybridized carbons (Fsp3) is 0.385. The summed E-state index contributed by atoms with van der Waals surface area (Å²) in [5, 5.41) is 13.4. The molecule has 0 saturated carbocycles. The minimum Gasteiger partial charge on any atom is -0.480 e. The summed E-state index contributed by atoms with van der Waals surface area (Å²) in [6.07, 6.45) is -0.111. The fourth-order valence-electron chi connectivity index (χ4n) is 1.56. The number of carbonyl (C=O) groups is 2. The van der Waals surface area contributed by atoms with Gasteiger partial charge in [-0.1, -0.05) is 30.3 Å². The number of nitrogens with one attached hydrogen (secondary N) is 2. The zero-order valence-electron chi connectivity index (χ0n) is 11.1. The summed E-state index contributed by atoms with van der Waals surface area (Å²) >= 11 is 0. The van der Waals surface area contributed by atoms with E-state index in [0.717, 1.165) is 5.56 Å². The Labute approximate surface area is 112 Å². The Bertz CT molecular complexity index is 420. The molecule has 1 atom stereocenters. The highest BCUT2D eigenvalue weighted by atomic mass is 16.4. The van der Waals surface area contributed by atoms with E-state index >= 15 is 0 Å². The Morgan fingerprint density at radius 3 is 2.42 bits per heavy atom. The number of carbonyl (C=O) groups excluding carboxylic acids is 1. The number of nitrogens with zero attached hydrogens (tertiary/aromatic N) is 1. The molecule has 19 heavy (non-hydrogen) atoms. The molecule has 0 fully saturated rings. The normalized spacial score (nSPS) is 12.2. The van der Waals surface area contributed by atoms with E-state index in [1.807, 2.05) is 30.3 Å². The zero-order chi connectivity index (χ0) is 14.3. The highest BCUT2D eigenvalue weighted by Gasteiger charge is 2.20. The summed E-state index contributed by atoms with van der Waals surface area (Å²) in [6.45, 7) is 0.410. The number of benzene rings is 1. The van der Waals surface area contributed by atoms with Crippen molar-refractivity contribution in [1.29, 1.82) is 0 Å². The van der Waals surface area contributed by atoms with Gasteiger partial charge in [-0.15, -0.1) is 0 Å². The lowest BCUT2D eigenvalue weighted by Gasteiger charge is -2.16. The van der Waals surface area contributed by atoms with E-state index in [1.54, 1.807) is 14.1 Å². The Morgan fingerprint density at radius 2 is 1.89 bits per heavy atom. The van der Waals surface area contributed by atoms with Crippen molar-refractivity contribution >= 4 is 11.9 Å². The van der Waals surface area contributed by atoms with Gasteiger partial charge in [-0.25, -0.2) is 5.01 Å². The molecule has 6 nitrogen and oxygen atoms in total. The Morgan fingerprint density at radius 1 is 1.26 bits per heavy atom. The Hall–Kier alpha value is -1.92. The number of carboxylic acid groups (broad SMARTS) is 1. The Kier molecular flexibility index (Phi) is 5.98. The molecule has 1 aromatic rings. The predicted octanol–water partition coefficient (Wildman–Crippen LogP) is 0.212. The molecule has 1 amide bonds. The van der Waals surface area contributed by atoms with Gasteiger partial charge in [-0.05, 0) is 5.56 Å². The topological polar surface area (TPSA) is 81.7 Å². The quantitative estimate of drug-likeness (QED) is 0.614. The summed E-state index contributed by atoms with van der Waals surface area (Å²) in [5.74, 6) is -1.37. The maximum Gasteiger partial charge on any atom is 0.321 e. The molecule has 0 bridgehead atoms. The minimum atomic E-state index is -1.04. The van der Waals surface area contributed by atoms with E-state index in [-0.39, 0.29) is 12.3 Å². The smallest absolute Gasteiger partial charge is 0.321 e. The number of carboxylic acids is 1. The summed E-state index contributed by atoms with van der Waals surface area (Å²) in [6, 6.07) is 8.54. The van der Waals surface area contributed by atoms with E-state index in [0.29, 0.717) is 6.54 Å². The lowest BCUT2D eigenvalue weighted by molar-refractivity contribution is -0.142. The molecule has 3 N–H and O–H groups in total. The molecular weight excluding hydrogens is 246 g/mol. The maximum atomic E-state index is 11.5. The molecule has 0 aliphatic rings. The van der Waals surface area contributed by atoms with E-state index in [9.17, 15) is 9.59 Å². The van der Waals surface area contributed by atoms with Crippen LogP contribution in [0.25, 0.3) is 0 Å². The van der Waals surface area contributed by atoms with Crippen LogP contribution >= 0.6 is 0 Å². The summed E-state index contributed by atoms with van der Waals surface area (Å²) < 4.78 is 0. The van der Waals surface area contributed by atoms with Crippen LogP contribution in [0.5, 0.6) is 0 Å². The van der Waals surface area contributed by atoms with Crippen molar-refractivity contribution in [2.24, 2.45) is 0 Å². The van der Waals surface area contributed by atoms with Crippen LogP contribution in [0.15, 0.2) is 30.3 Å². The number of hydrogen-bond acceptors (Lipinski definition) is 4. The molecule has 0 aliphatic heterocycles. The molecule has 0 heterocycles. The maximum absolute atomic E-state index is 11.5. The molecule has 1 aromatic carbocycles. The van der Waals surface area contributed by atoms with E-state index in [2.05, 4.69) is 10.7 Å². The molecule has 0 aromatic heterocycles. The molecule has 0 spiro atoms. The van der Waals surface area contributed by atoms with Crippen LogP contribution in [0.1, 0.15) is 12.0 Å². The van der Waals surface area contributed by atoms with Crippen LogP contribution in [-0.4, -0.2) is 42.1 Å². The van der Waals surface area contributed by atoms with Gasteiger partial charge in [-0.3, -0.25) is 20.3 Å². The third kappa shape index (κ3) is 5.98. The van der Waals surface area contributed by atoms with Gasteiger partial charge < -0.3 is 5.11 Å². The highest BCUT2D eigenvalue weighted by Crippen LogP contribution is 2.00. The summed E-state index contributed by atoms with van der Waals surface area (Å²) in [4.78, 5) is 22.6. The van der Waals surface area contributed by atoms with Crippen LogP contribution in [0.2, 0.25) is 0 Å². The van der Waals surface area contributed by atoms with Crippen LogP contribution in [-0.2, 0) is 16.1 Å². The van der Waals surface area contributed by atoms with Crippen molar-refractivity contribution in [3.8, 4) is 0 Å². The standard InChI is InChI=1S/C13H19N3O3/c1-16(2)15-12(17)8-11(13(18)19)14-9-10-6-4-3-5-7-10/h3-7,11,14H,8-9H2,1-2H3,(H,15,17)(H,18,19)/t11-/m1/s1. The average Bonchev–Trinajstić information content (AvgIpc) is 2.34. The Balaban J connectivity index is 2.49. The lowest BCUT2D eigenvalue weighted by atomic mass is 10.1. The van der Waals surface area contributed by atoms with E-state index in [1.165, 1.54) is 5.01 Å². The predicted molar refractivity (Wildman–Crippen MR) is 71.2 cm³/mol. The summed E-state index contributed by atoms with van der Waals surface area (Å²) in [7, 11) is 3.34. The van der Waals surface area contributed by atoms with Gasteiger partial charge in [0.1, 0.15) is 6.04 Å². The molecule has 0 radical (unpaired) electrons. The van der Waals surface area contributed by atoms with E-state index in [4.69, 9.17) is 5.11 Å².